The van der Waals surface area contributed by atoms with Gasteiger partial charge in [-0.3, -0.25) is 4.79 Å². The van der Waals surface area contributed by atoms with Gasteiger partial charge in [-0.2, -0.15) is 0 Å². The molecule has 1 N–H and O–H groups in total. The minimum absolute atomic E-state index is 0.120. The maximum atomic E-state index is 13.1. The second kappa shape index (κ2) is 7.70. The molecule has 1 fully saturated rings. The number of aromatic nitrogens is 1. The summed E-state index contributed by atoms with van der Waals surface area (Å²) in [6.45, 7) is 3.04. The molecule has 0 unspecified atom stereocenters. The molecule has 0 spiro atoms. The molecule has 3 rings (SSSR count). The summed E-state index contributed by atoms with van der Waals surface area (Å²) < 4.78 is 10.5. The first-order valence-electron chi connectivity index (χ1n) is 8.73. The van der Waals surface area contributed by atoms with Gasteiger partial charge in [0, 0.05) is 18.7 Å². The lowest BCUT2D eigenvalue weighted by molar-refractivity contribution is 0.0750. The van der Waals surface area contributed by atoms with Crippen LogP contribution in [0.25, 0.3) is 11.3 Å². The van der Waals surface area contributed by atoms with Crippen LogP contribution >= 0.6 is 0 Å². The third-order valence-electron chi connectivity index (χ3n) is 4.57. The molecule has 1 aromatic heterocycles. The number of aliphatic hydroxyl groups excluding tert-OH is 1. The summed E-state index contributed by atoms with van der Waals surface area (Å²) in [6.07, 6.45) is 3.38. The lowest BCUT2D eigenvalue weighted by Crippen LogP contribution is -2.32. The Morgan fingerprint density at radius 1 is 1.20 bits per heavy atom. The molecule has 1 aliphatic rings. The summed E-state index contributed by atoms with van der Waals surface area (Å²) >= 11 is 0. The van der Waals surface area contributed by atoms with E-state index in [1.165, 1.54) is 0 Å². The van der Waals surface area contributed by atoms with Gasteiger partial charge in [0.1, 0.15) is 23.1 Å². The Morgan fingerprint density at radius 2 is 1.84 bits per heavy atom. The van der Waals surface area contributed by atoms with Crippen LogP contribution in [0.2, 0.25) is 0 Å². The molecule has 0 bridgehead atoms. The maximum absolute atomic E-state index is 13.1. The molecule has 6 heteroatoms. The van der Waals surface area contributed by atoms with E-state index < -0.39 is 6.10 Å². The van der Waals surface area contributed by atoms with Gasteiger partial charge in [-0.1, -0.05) is 18.0 Å². The quantitative estimate of drug-likeness (QED) is 0.920. The molecule has 2 heterocycles. The zero-order valence-corrected chi connectivity index (χ0v) is 14.7. The fraction of sp³-hybridized carbons (Fsp3) is 0.474. The molecule has 0 aliphatic carbocycles. The van der Waals surface area contributed by atoms with Crippen molar-refractivity contribution in [2.24, 2.45) is 0 Å². The molecule has 6 nitrogen and oxygen atoms in total. The van der Waals surface area contributed by atoms with Crippen LogP contribution in [0.4, 0.5) is 0 Å². The molecule has 0 saturated carbocycles. The van der Waals surface area contributed by atoms with Gasteiger partial charge in [-0.25, -0.2) is 0 Å². The first-order valence-corrected chi connectivity index (χ1v) is 8.73. The first kappa shape index (κ1) is 17.5. The average molecular weight is 344 g/mol. The molecule has 1 aliphatic heterocycles. The normalized spacial score (nSPS) is 16.4. The number of likely N-dealkylation sites (tertiary alicyclic amines) is 1. The van der Waals surface area contributed by atoms with Gasteiger partial charge < -0.3 is 19.3 Å². The third-order valence-corrected chi connectivity index (χ3v) is 4.57. The van der Waals surface area contributed by atoms with Gasteiger partial charge in [0.2, 0.25) is 0 Å². The molecule has 1 amide bonds. The number of rotatable bonds is 4. The molecule has 1 atom stereocenters. The van der Waals surface area contributed by atoms with Gasteiger partial charge in [-0.05, 0) is 44.0 Å². The van der Waals surface area contributed by atoms with Gasteiger partial charge in [0.05, 0.1) is 7.11 Å². The van der Waals surface area contributed by atoms with Crippen molar-refractivity contribution in [3.05, 3.63) is 35.6 Å². The van der Waals surface area contributed by atoms with E-state index in [9.17, 15) is 9.90 Å². The smallest absolute Gasteiger partial charge is 0.259 e. The molecular weight excluding hydrogens is 320 g/mol. The maximum Gasteiger partial charge on any atom is 0.259 e. The van der Waals surface area contributed by atoms with Crippen LogP contribution in [-0.4, -0.2) is 41.3 Å². The molecule has 1 saturated heterocycles. The number of hydrogen-bond acceptors (Lipinski definition) is 5. The van der Waals surface area contributed by atoms with Gasteiger partial charge in [0.25, 0.3) is 5.91 Å². The van der Waals surface area contributed by atoms with E-state index in [1.807, 2.05) is 29.2 Å². The number of methoxy groups -OCH3 is 1. The van der Waals surface area contributed by atoms with Crippen molar-refractivity contribution >= 4 is 5.91 Å². The van der Waals surface area contributed by atoms with E-state index in [1.54, 1.807) is 14.0 Å². The van der Waals surface area contributed by atoms with Gasteiger partial charge in [0.15, 0.2) is 5.76 Å². The number of amides is 1. The van der Waals surface area contributed by atoms with Crippen molar-refractivity contribution in [3.8, 4) is 17.0 Å². The highest BCUT2D eigenvalue weighted by molar-refractivity contribution is 6.01. The standard InChI is InChI=1S/C19H24N2O4/c1-13(22)18-16(19(23)21-11-5-3-4-6-12-21)17(20-25-18)14-7-9-15(24-2)10-8-14/h7-10,13,22H,3-6,11-12H2,1-2H3/t13-/m0/s1. The van der Waals surface area contributed by atoms with E-state index in [4.69, 9.17) is 9.26 Å². The zero-order chi connectivity index (χ0) is 17.8. The van der Waals surface area contributed by atoms with Crippen molar-refractivity contribution in [1.29, 1.82) is 0 Å². The van der Waals surface area contributed by atoms with Crippen molar-refractivity contribution in [1.82, 2.24) is 10.1 Å². The Balaban J connectivity index is 2.00. The fourth-order valence-electron chi connectivity index (χ4n) is 3.17. The molecular formula is C19H24N2O4. The average Bonchev–Trinajstić information content (AvgIpc) is 2.89. The Morgan fingerprint density at radius 3 is 2.40 bits per heavy atom. The van der Waals surface area contributed by atoms with Crippen molar-refractivity contribution < 1.29 is 19.2 Å². The third kappa shape index (κ3) is 3.69. The van der Waals surface area contributed by atoms with E-state index in [2.05, 4.69) is 5.16 Å². The lowest BCUT2D eigenvalue weighted by Gasteiger charge is -2.20. The summed E-state index contributed by atoms with van der Waals surface area (Å²) in [6, 6.07) is 7.29. The summed E-state index contributed by atoms with van der Waals surface area (Å²) in [5.41, 5.74) is 1.59. The van der Waals surface area contributed by atoms with E-state index >= 15 is 0 Å². The summed E-state index contributed by atoms with van der Waals surface area (Å²) in [5.74, 6) is 0.827. The van der Waals surface area contributed by atoms with E-state index in [0.29, 0.717) is 11.3 Å². The van der Waals surface area contributed by atoms with Crippen LogP contribution in [-0.2, 0) is 0 Å². The van der Waals surface area contributed by atoms with Gasteiger partial charge >= 0.3 is 0 Å². The van der Waals surface area contributed by atoms with E-state index in [0.717, 1.165) is 50.1 Å². The Kier molecular flexibility index (Phi) is 5.38. The Bertz CT molecular complexity index is 714. The number of aliphatic hydroxyl groups is 1. The fourth-order valence-corrected chi connectivity index (χ4v) is 3.17. The van der Waals surface area contributed by atoms with Crippen LogP contribution in [0.15, 0.2) is 28.8 Å². The zero-order valence-electron chi connectivity index (χ0n) is 14.7. The van der Waals surface area contributed by atoms with Crippen LogP contribution in [0, 0.1) is 0 Å². The summed E-state index contributed by atoms with van der Waals surface area (Å²) in [4.78, 5) is 15.0. The monoisotopic (exact) mass is 344 g/mol. The second-order valence-corrected chi connectivity index (χ2v) is 6.38. The number of ether oxygens (including phenoxy) is 1. The van der Waals surface area contributed by atoms with Crippen LogP contribution < -0.4 is 4.74 Å². The number of nitrogens with zero attached hydrogens (tertiary/aromatic N) is 2. The van der Waals surface area contributed by atoms with Crippen LogP contribution in [0.1, 0.15) is 54.8 Å². The Labute approximate surface area is 147 Å². The highest BCUT2D eigenvalue weighted by Crippen LogP contribution is 2.31. The van der Waals surface area contributed by atoms with Crippen molar-refractivity contribution in [2.75, 3.05) is 20.2 Å². The topological polar surface area (TPSA) is 75.8 Å². The predicted octanol–water partition coefficient (Wildman–Crippen LogP) is 3.42. The largest absolute Gasteiger partial charge is 0.497 e. The predicted molar refractivity (Wildman–Crippen MR) is 93.5 cm³/mol. The highest BCUT2D eigenvalue weighted by atomic mass is 16.5. The summed E-state index contributed by atoms with van der Waals surface area (Å²) in [5, 5.41) is 14.1. The molecule has 2 aromatic rings. The number of carbonyl (C=O) groups excluding carboxylic acids is 1. The molecule has 25 heavy (non-hydrogen) atoms. The lowest BCUT2D eigenvalue weighted by atomic mass is 10.0. The van der Waals surface area contributed by atoms with Crippen LogP contribution in [0.3, 0.4) is 0 Å². The molecule has 1 aromatic carbocycles. The minimum atomic E-state index is -0.898. The van der Waals surface area contributed by atoms with E-state index in [-0.39, 0.29) is 11.7 Å². The number of benzene rings is 1. The van der Waals surface area contributed by atoms with Gasteiger partial charge in [-0.15, -0.1) is 0 Å². The molecule has 134 valence electrons. The van der Waals surface area contributed by atoms with Crippen molar-refractivity contribution in [2.45, 2.75) is 38.7 Å². The SMILES string of the molecule is COc1ccc(-c2noc([C@H](C)O)c2C(=O)N2CCCCCC2)cc1. The number of hydrogen-bond donors (Lipinski definition) is 1. The highest BCUT2D eigenvalue weighted by Gasteiger charge is 2.30. The second-order valence-electron chi connectivity index (χ2n) is 6.38. The minimum Gasteiger partial charge on any atom is -0.497 e. The molecule has 0 radical (unpaired) electrons. The number of carbonyl (C=O) groups is 1. The van der Waals surface area contributed by atoms with Crippen molar-refractivity contribution in [3.63, 3.8) is 0 Å². The summed E-state index contributed by atoms with van der Waals surface area (Å²) in [7, 11) is 1.60. The first-order chi connectivity index (χ1) is 12.1. The van der Waals surface area contributed by atoms with Crippen LogP contribution in [0.5, 0.6) is 5.75 Å². The Hall–Kier alpha value is -2.34.